The number of aromatic nitrogens is 2. The Hall–Kier alpha value is -0.620. The Morgan fingerprint density at radius 1 is 1.26 bits per heavy atom. The summed E-state index contributed by atoms with van der Waals surface area (Å²) >= 11 is 9.13. The number of nitrogens with zero attached hydrogens (tertiary/aromatic N) is 2. The molecule has 1 atom stereocenters. The molecule has 0 bridgehead atoms. The van der Waals surface area contributed by atoms with Crippen LogP contribution in [-0.2, 0) is 0 Å². The summed E-state index contributed by atoms with van der Waals surface area (Å²) in [4.78, 5) is 10.2. The predicted octanol–water partition coefficient (Wildman–Crippen LogP) is 3.91. The van der Waals surface area contributed by atoms with Crippen LogP contribution in [0.4, 0.5) is 0 Å². The third kappa shape index (κ3) is 3.48. The highest BCUT2D eigenvalue weighted by Gasteiger charge is 2.16. The van der Waals surface area contributed by atoms with E-state index in [1.165, 1.54) is 0 Å². The van der Waals surface area contributed by atoms with Crippen LogP contribution in [0.5, 0.6) is 0 Å². The quantitative estimate of drug-likeness (QED) is 0.687. The molecule has 2 heterocycles. The Kier molecular flexibility index (Phi) is 4.84. The highest BCUT2D eigenvalue weighted by molar-refractivity contribution is 7.99. The standard InChI is InChI=1S/C13H16ClN3S2/c1-7-8(2)16-13(17-9(7)3)19-11(6-15)10-4-5-12(14)18-10/h4-5,11H,6,15H2,1-3H3. The van der Waals surface area contributed by atoms with Crippen molar-refractivity contribution in [2.75, 3.05) is 6.54 Å². The predicted molar refractivity (Wildman–Crippen MR) is 83.2 cm³/mol. The maximum absolute atomic E-state index is 5.97. The van der Waals surface area contributed by atoms with Crippen molar-refractivity contribution in [2.24, 2.45) is 5.73 Å². The number of rotatable bonds is 4. The molecule has 19 heavy (non-hydrogen) atoms. The molecule has 0 aliphatic heterocycles. The summed E-state index contributed by atoms with van der Waals surface area (Å²) in [6.07, 6.45) is 0. The van der Waals surface area contributed by atoms with Crippen molar-refractivity contribution in [3.8, 4) is 0 Å². The van der Waals surface area contributed by atoms with Crippen LogP contribution in [0.25, 0.3) is 0 Å². The van der Waals surface area contributed by atoms with Gasteiger partial charge in [0.05, 0.1) is 9.59 Å². The van der Waals surface area contributed by atoms with E-state index in [2.05, 4.69) is 9.97 Å². The van der Waals surface area contributed by atoms with Crippen molar-refractivity contribution < 1.29 is 0 Å². The molecule has 3 nitrogen and oxygen atoms in total. The normalized spacial score (nSPS) is 12.7. The van der Waals surface area contributed by atoms with Crippen LogP contribution in [0, 0.1) is 20.8 Å². The molecule has 2 aromatic rings. The molecule has 0 spiro atoms. The number of thioether (sulfide) groups is 1. The molecule has 0 aromatic carbocycles. The Morgan fingerprint density at radius 3 is 2.37 bits per heavy atom. The molecule has 6 heteroatoms. The number of thiophene rings is 1. The van der Waals surface area contributed by atoms with Gasteiger partial charge in [-0.3, -0.25) is 0 Å². The maximum atomic E-state index is 5.97. The first-order chi connectivity index (χ1) is 9.01. The first kappa shape index (κ1) is 14.8. The van der Waals surface area contributed by atoms with E-state index in [1.807, 2.05) is 32.9 Å². The fourth-order valence-electron chi connectivity index (χ4n) is 1.65. The van der Waals surface area contributed by atoms with Crippen molar-refractivity contribution in [2.45, 2.75) is 31.2 Å². The summed E-state index contributed by atoms with van der Waals surface area (Å²) in [6.45, 7) is 6.59. The lowest BCUT2D eigenvalue weighted by Crippen LogP contribution is -2.09. The van der Waals surface area contributed by atoms with Gasteiger partial charge < -0.3 is 5.73 Å². The van der Waals surface area contributed by atoms with Crippen LogP contribution in [0.2, 0.25) is 4.34 Å². The van der Waals surface area contributed by atoms with Gasteiger partial charge in [0.25, 0.3) is 0 Å². The average Bonchev–Trinajstić information content (AvgIpc) is 2.79. The Morgan fingerprint density at radius 2 is 1.89 bits per heavy atom. The van der Waals surface area contributed by atoms with Crippen LogP contribution in [-0.4, -0.2) is 16.5 Å². The molecule has 1 unspecified atom stereocenters. The zero-order valence-corrected chi connectivity index (χ0v) is 13.5. The summed E-state index contributed by atoms with van der Waals surface area (Å²) in [5.74, 6) is 0. The molecular weight excluding hydrogens is 298 g/mol. The van der Waals surface area contributed by atoms with Gasteiger partial charge in [-0.1, -0.05) is 23.4 Å². The zero-order valence-electron chi connectivity index (χ0n) is 11.1. The molecule has 102 valence electrons. The van der Waals surface area contributed by atoms with Crippen molar-refractivity contribution in [1.29, 1.82) is 0 Å². The summed E-state index contributed by atoms with van der Waals surface area (Å²) in [5, 5.41) is 0.930. The molecule has 0 fully saturated rings. The molecule has 0 aliphatic carbocycles. The van der Waals surface area contributed by atoms with Gasteiger partial charge in [0.1, 0.15) is 0 Å². The first-order valence-electron chi connectivity index (χ1n) is 5.95. The van der Waals surface area contributed by atoms with Crippen LogP contribution in [0.1, 0.15) is 27.1 Å². The van der Waals surface area contributed by atoms with E-state index in [0.717, 1.165) is 31.3 Å². The molecule has 2 rings (SSSR count). The average molecular weight is 314 g/mol. The highest BCUT2D eigenvalue weighted by Crippen LogP contribution is 2.37. The summed E-state index contributed by atoms with van der Waals surface area (Å²) in [6, 6.07) is 3.92. The minimum absolute atomic E-state index is 0.152. The number of halogens is 1. The van der Waals surface area contributed by atoms with Crippen molar-refractivity contribution in [3.63, 3.8) is 0 Å². The lowest BCUT2D eigenvalue weighted by Gasteiger charge is -2.13. The van der Waals surface area contributed by atoms with E-state index in [1.54, 1.807) is 23.1 Å². The molecule has 0 amide bonds. The third-order valence-corrected chi connectivity index (χ3v) is 5.60. The number of hydrogen-bond acceptors (Lipinski definition) is 5. The van der Waals surface area contributed by atoms with E-state index < -0.39 is 0 Å². The van der Waals surface area contributed by atoms with Crippen molar-refractivity contribution in [3.05, 3.63) is 38.3 Å². The summed E-state index contributed by atoms with van der Waals surface area (Å²) in [7, 11) is 0. The topological polar surface area (TPSA) is 51.8 Å². The molecule has 0 radical (unpaired) electrons. The number of aryl methyl sites for hydroxylation is 2. The van der Waals surface area contributed by atoms with Crippen molar-refractivity contribution >= 4 is 34.7 Å². The van der Waals surface area contributed by atoms with E-state index >= 15 is 0 Å². The largest absolute Gasteiger partial charge is 0.329 e. The molecule has 2 aromatic heterocycles. The Labute approximate surface area is 126 Å². The van der Waals surface area contributed by atoms with Gasteiger partial charge in [-0.15, -0.1) is 11.3 Å². The van der Waals surface area contributed by atoms with Crippen LogP contribution in [0.15, 0.2) is 17.3 Å². The molecule has 0 aliphatic rings. The first-order valence-corrected chi connectivity index (χ1v) is 8.02. The minimum Gasteiger partial charge on any atom is -0.329 e. The second kappa shape index (κ2) is 6.22. The fourth-order valence-corrected chi connectivity index (χ4v) is 3.91. The van der Waals surface area contributed by atoms with Gasteiger partial charge >= 0.3 is 0 Å². The van der Waals surface area contributed by atoms with E-state index in [-0.39, 0.29) is 5.25 Å². The monoisotopic (exact) mass is 313 g/mol. The van der Waals surface area contributed by atoms with E-state index in [9.17, 15) is 0 Å². The number of nitrogens with two attached hydrogens (primary N) is 1. The highest BCUT2D eigenvalue weighted by atomic mass is 35.5. The lowest BCUT2D eigenvalue weighted by molar-refractivity contribution is 0.866. The second-order valence-electron chi connectivity index (χ2n) is 4.29. The van der Waals surface area contributed by atoms with Crippen LogP contribution < -0.4 is 5.73 Å². The second-order valence-corrected chi connectivity index (χ2v) is 7.20. The van der Waals surface area contributed by atoms with Gasteiger partial charge in [-0.25, -0.2) is 9.97 Å². The van der Waals surface area contributed by atoms with E-state index in [4.69, 9.17) is 17.3 Å². The molecular formula is C13H16ClN3S2. The molecule has 0 saturated carbocycles. The van der Waals surface area contributed by atoms with Gasteiger partial charge in [-0.05, 0) is 38.5 Å². The maximum Gasteiger partial charge on any atom is 0.188 e. The van der Waals surface area contributed by atoms with Gasteiger partial charge in [-0.2, -0.15) is 0 Å². The smallest absolute Gasteiger partial charge is 0.188 e. The number of hydrogen-bond donors (Lipinski definition) is 1. The SMILES string of the molecule is Cc1nc(SC(CN)c2ccc(Cl)s2)nc(C)c1C. The zero-order chi connectivity index (χ0) is 14.0. The van der Waals surface area contributed by atoms with Gasteiger partial charge in [0.15, 0.2) is 5.16 Å². The summed E-state index contributed by atoms with van der Waals surface area (Å²) in [5.41, 5.74) is 9.05. The molecule has 0 saturated heterocycles. The van der Waals surface area contributed by atoms with Gasteiger partial charge in [0.2, 0.25) is 0 Å². The minimum atomic E-state index is 0.152. The lowest BCUT2D eigenvalue weighted by atomic mass is 10.2. The van der Waals surface area contributed by atoms with Crippen molar-refractivity contribution in [1.82, 2.24) is 9.97 Å². The van der Waals surface area contributed by atoms with E-state index in [0.29, 0.717) is 6.54 Å². The van der Waals surface area contributed by atoms with Crippen LogP contribution >= 0.6 is 34.7 Å². The Bertz CT molecular complexity index is 560. The van der Waals surface area contributed by atoms with Crippen LogP contribution in [0.3, 0.4) is 0 Å². The van der Waals surface area contributed by atoms with Gasteiger partial charge in [0, 0.05) is 22.8 Å². The molecule has 2 N–H and O–H groups in total. The third-order valence-electron chi connectivity index (χ3n) is 2.99. The Balaban J connectivity index is 2.23. The fraction of sp³-hybridized carbons (Fsp3) is 0.385. The summed E-state index contributed by atoms with van der Waals surface area (Å²) < 4.78 is 0.784.